The Bertz CT molecular complexity index is 357. The normalized spacial score (nSPS) is 16.8. The molecular formula is C24H48N2O2. The lowest BCUT2D eigenvalue weighted by atomic mass is 10.0. The Hall–Kier alpha value is -0.610. The number of rotatable bonds is 19. The van der Waals surface area contributed by atoms with Gasteiger partial charge in [0, 0.05) is 6.42 Å². The molecular weight excluding hydrogens is 348 g/mol. The van der Waals surface area contributed by atoms with E-state index in [0.29, 0.717) is 13.0 Å². The van der Waals surface area contributed by atoms with Gasteiger partial charge in [-0.15, -0.1) is 0 Å². The molecule has 1 heterocycles. The summed E-state index contributed by atoms with van der Waals surface area (Å²) in [5.41, 5.74) is 0. The predicted octanol–water partition coefficient (Wildman–Crippen LogP) is 5.55. The second-order valence-corrected chi connectivity index (χ2v) is 8.64. The summed E-state index contributed by atoms with van der Waals surface area (Å²) < 4.78 is 5.35. The van der Waals surface area contributed by atoms with Crippen LogP contribution in [-0.4, -0.2) is 50.2 Å². The second kappa shape index (κ2) is 18.4. The van der Waals surface area contributed by atoms with Gasteiger partial charge in [-0.25, -0.2) is 0 Å². The van der Waals surface area contributed by atoms with Gasteiger partial charge in [-0.05, 0) is 70.7 Å². The number of nitrogens with zero attached hydrogens (tertiary/aromatic N) is 1. The van der Waals surface area contributed by atoms with Gasteiger partial charge >= 0.3 is 5.97 Å². The van der Waals surface area contributed by atoms with Gasteiger partial charge in [-0.1, -0.05) is 65.2 Å². The lowest BCUT2D eigenvalue weighted by Crippen LogP contribution is -2.29. The molecule has 0 aromatic carbocycles. The van der Waals surface area contributed by atoms with Crippen molar-refractivity contribution in [2.24, 2.45) is 5.92 Å². The van der Waals surface area contributed by atoms with E-state index in [-0.39, 0.29) is 5.97 Å². The number of carbonyl (C=O) groups is 1. The van der Waals surface area contributed by atoms with Crippen LogP contribution in [0.4, 0.5) is 0 Å². The van der Waals surface area contributed by atoms with Crippen LogP contribution in [0.25, 0.3) is 0 Å². The quantitative estimate of drug-likeness (QED) is 0.229. The molecule has 1 atom stereocenters. The molecule has 1 aliphatic rings. The Morgan fingerprint density at radius 2 is 1.57 bits per heavy atom. The summed E-state index contributed by atoms with van der Waals surface area (Å²) in [7, 11) is 0. The third-order valence-electron chi connectivity index (χ3n) is 5.96. The van der Waals surface area contributed by atoms with Crippen LogP contribution in [0.2, 0.25) is 0 Å². The molecule has 0 amide bonds. The number of unbranched alkanes of at least 4 members (excludes halogenated alkanes) is 8. The van der Waals surface area contributed by atoms with Crippen molar-refractivity contribution >= 4 is 5.97 Å². The zero-order valence-corrected chi connectivity index (χ0v) is 19.0. The van der Waals surface area contributed by atoms with Crippen molar-refractivity contribution in [2.45, 2.75) is 104 Å². The van der Waals surface area contributed by atoms with E-state index in [2.05, 4.69) is 24.1 Å². The van der Waals surface area contributed by atoms with Crippen molar-refractivity contribution in [2.75, 3.05) is 39.3 Å². The molecule has 0 spiro atoms. The van der Waals surface area contributed by atoms with Crippen molar-refractivity contribution < 1.29 is 9.53 Å². The van der Waals surface area contributed by atoms with Crippen LogP contribution in [0.15, 0.2) is 0 Å². The molecule has 1 saturated heterocycles. The molecule has 0 aromatic heterocycles. The van der Waals surface area contributed by atoms with E-state index >= 15 is 0 Å². The molecule has 0 bridgehead atoms. The first-order valence-corrected chi connectivity index (χ1v) is 12.3. The Kier molecular flexibility index (Phi) is 16.7. The average Bonchev–Trinajstić information content (AvgIpc) is 3.22. The fourth-order valence-electron chi connectivity index (χ4n) is 4.01. The fraction of sp³-hybridized carbons (Fsp3) is 0.958. The summed E-state index contributed by atoms with van der Waals surface area (Å²) in [4.78, 5) is 14.5. The van der Waals surface area contributed by atoms with Crippen LogP contribution < -0.4 is 5.32 Å². The average molecular weight is 397 g/mol. The second-order valence-electron chi connectivity index (χ2n) is 8.64. The summed E-state index contributed by atoms with van der Waals surface area (Å²) in [5, 5.41) is 3.48. The van der Waals surface area contributed by atoms with Crippen LogP contribution in [0.5, 0.6) is 0 Å². The summed E-state index contributed by atoms with van der Waals surface area (Å²) in [6.07, 6.45) is 17.0. The molecule has 1 unspecified atom stereocenters. The maximum absolute atomic E-state index is 11.9. The molecule has 4 nitrogen and oxygen atoms in total. The van der Waals surface area contributed by atoms with Crippen LogP contribution in [-0.2, 0) is 9.53 Å². The van der Waals surface area contributed by atoms with Gasteiger partial charge < -0.3 is 15.0 Å². The topological polar surface area (TPSA) is 41.6 Å². The van der Waals surface area contributed by atoms with E-state index in [1.54, 1.807) is 0 Å². The largest absolute Gasteiger partial charge is 0.466 e. The highest BCUT2D eigenvalue weighted by Gasteiger charge is 2.16. The minimum atomic E-state index is -0.00744. The summed E-state index contributed by atoms with van der Waals surface area (Å²) in [5.74, 6) is 0.840. The first-order valence-electron chi connectivity index (χ1n) is 12.3. The van der Waals surface area contributed by atoms with Crippen LogP contribution in [0.3, 0.4) is 0 Å². The highest BCUT2D eigenvalue weighted by atomic mass is 16.5. The Labute approximate surface area is 175 Å². The predicted molar refractivity (Wildman–Crippen MR) is 120 cm³/mol. The molecule has 0 aromatic rings. The van der Waals surface area contributed by atoms with Crippen LogP contribution >= 0.6 is 0 Å². The molecule has 1 fully saturated rings. The zero-order chi connectivity index (χ0) is 20.3. The van der Waals surface area contributed by atoms with E-state index in [9.17, 15) is 4.79 Å². The number of esters is 1. The molecule has 1 aliphatic heterocycles. The van der Waals surface area contributed by atoms with Gasteiger partial charge in [-0.2, -0.15) is 0 Å². The molecule has 1 N–H and O–H groups in total. The van der Waals surface area contributed by atoms with Gasteiger partial charge in [0.25, 0.3) is 0 Å². The van der Waals surface area contributed by atoms with Gasteiger partial charge in [-0.3, -0.25) is 4.79 Å². The summed E-state index contributed by atoms with van der Waals surface area (Å²) >= 11 is 0. The van der Waals surface area contributed by atoms with Crippen molar-refractivity contribution in [3.05, 3.63) is 0 Å². The van der Waals surface area contributed by atoms with E-state index < -0.39 is 0 Å². The highest BCUT2D eigenvalue weighted by molar-refractivity contribution is 5.69. The van der Waals surface area contributed by atoms with Crippen molar-refractivity contribution in [1.29, 1.82) is 0 Å². The SMILES string of the molecule is CCCCCCCCCN(CCCC(=O)OCCCCC)CCC1CCNC1. The summed E-state index contributed by atoms with van der Waals surface area (Å²) in [6.45, 7) is 10.8. The van der Waals surface area contributed by atoms with Gasteiger partial charge in [0.05, 0.1) is 6.61 Å². The molecule has 1 rings (SSSR count). The van der Waals surface area contributed by atoms with Crippen molar-refractivity contribution in [1.82, 2.24) is 10.2 Å². The first kappa shape index (κ1) is 25.4. The van der Waals surface area contributed by atoms with E-state index in [1.807, 2.05) is 0 Å². The lowest BCUT2D eigenvalue weighted by Gasteiger charge is -2.23. The van der Waals surface area contributed by atoms with E-state index in [4.69, 9.17) is 4.74 Å². The number of ether oxygens (including phenoxy) is 1. The number of nitrogens with one attached hydrogen (secondary N) is 1. The van der Waals surface area contributed by atoms with Crippen molar-refractivity contribution in [3.63, 3.8) is 0 Å². The van der Waals surface area contributed by atoms with Crippen molar-refractivity contribution in [3.8, 4) is 0 Å². The number of carbonyl (C=O) groups excluding carboxylic acids is 1. The fourth-order valence-corrected chi connectivity index (χ4v) is 4.01. The maximum Gasteiger partial charge on any atom is 0.305 e. The Balaban J connectivity index is 2.17. The molecule has 0 radical (unpaired) electrons. The molecule has 0 saturated carbocycles. The van der Waals surface area contributed by atoms with Crippen LogP contribution in [0, 0.1) is 5.92 Å². The zero-order valence-electron chi connectivity index (χ0n) is 19.0. The molecule has 4 heteroatoms. The molecule has 0 aliphatic carbocycles. The minimum Gasteiger partial charge on any atom is -0.466 e. The third-order valence-corrected chi connectivity index (χ3v) is 5.96. The number of hydrogen-bond acceptors (Lipinski definition) is 4. The first-order chi connectivity index (χ1) is 13.8. The van der Waals surface area contributed by atoms with Gasteiger partial charge in [0.15, 0.2) is 0 Å². The molecule has 166 valence electrons. The van der Waals surface area contributed by atoms with E-state index in [1.165, 1.54) is 90.4 Å². The van der Waals surface area contributed by atoms with Crippen LogP contribution in [0.1, 0.15) is 104 Å². The Morgan fingerprint density at radius 1 is 0.893 bits per heavy atom. The smallest absolute Gasteiger partial charge is 0.305 e. The molecule has 28 heavy (non-hydrogen) atoms. The highest BCUT2D eigenvalue weighted by Crippen LogP contribution is 2.14. The van der Waals surface area contributed by atoms with Gasteiger partial charge in [0.1, 0.15) is 0 Å². The monoisotopic (exact) mass is 396 g/mol. The van der Waals surface area contributed by atoms with Gasteiger partial charge in [0.2, 0.25) is 0 Å². The minimum absolute atomic E-state index is 0.00744. The Morgan fingerprint density at radius 3 is 2.29 bits per heavy atom. The standard InChI is InChI=1S/C24H48N2O2/c1-3-5-7-8-9-10-11-18-26(20-16-23-15-17-25-22-23)19-13-14-24(27)28-21-12-6-4-2/h23,25H,3-22H2,1-2H3. The summed E-state index contributed by atoms with van der Waals surface area (Å²) in [6, 6.07) is 0. The third kappa shape index (κ3) is 14.4. The lowest BCUT2D eigenvalue weighted by molar-refractivity contribution is -0.143. The van der Waals surface area contributed by atoms with E-state index in [0.717, 1.165) is 31.7 Å². The number of hydrogen-bond donors (Lipinski definition) is 1. The maximum atomic E-state index is 11.9.